The van der Waals surface area contributed by atoms with Crippen LogP contribution in [0.15, 0.2) is 12.1 Å². The van der Waals surface area contributed by atoms with Crippen LogP contribution in [-0.4, -0.2) is 34.1 Å². The van der Waals surface area contributed by atoms with Crippen molar-refractivity contribution in [1.29, 1.82) is 0 Å². The molecule has 0 bridgehead atoms. The maximum Gasteiger partial charge on any atom is 0.122 e. The van der Waals surface area contributed by atoms with Gasteiger partial charge in [-0.1, -0.05) is 0 Å². The first-order valence-electron chi connectivity index (χ1n) is 4.90. The van der Waals surface area contributed by atoms with Crippen LogP contribution in [0, 0.1) is 6.92 Å². The molecule has 0 atom stereocenters. The van der Waals surface area contributed by atoms with Gasteiger partial charge in [-0.2, -0.15) is 0 Å². The van der Waals surface area contributed by atoms with E-state index in [0.717, 1.165) is 22.4 Å². The second-order valence-electron chi connectivity index (χ2n) is 4.02. The number of hydrogen-bond acceptors (Lipinski definition) is 3. The number of H-pyrrole nitrogens is 1. The Balaban J connectivity index is 0.00000128. The van der Waals surface area contributed by atoms with Crippen LogP contribution in [0.25, 0.3) is 11.0 Å². The Morgan fingerprint density at radius 1 is 1.38 bits per heavy atom. The Bertz CT molecular complexity index is 493. The summed E-state index contributed by atoms with van der Waals surface area (Å²) in [5, 5.41) is 9.79. The third-order valence-electron chi connectivity index (χ3n) is 2.33. The van der Waals surface area contributed by atoms with Crippen molar-refractivity contribution in [3.8, 4) is 5.75 Å². The number of benzene rings is 1. The van der Waals surface area contributed by atoms with E-state index in [1.807, 2.05) is 32.0 Å². The van der Waals surface area contributed by atoms with Gasteiger partial charge in [0.05, 0.1) is 11.0 Å². The lowest BCUT2D eigenvalue weighted by atomic mass is 10.1. The average molecular weight is 286 g/mol. The molecule has 0 radical (unpaired) electrons. The summed E-state index contributed by atoms with van der Waals surface area (Å²) in [4.78, 5) is 9.56. The highest BCUT2D eigenvalue weighted by Gasteiger charge is 2.10. The number of imidazole rings is 1. The topological polar surface area (TPSA) is 52.1 Å². The van der Waals surface area contributed by atoms with Crippen LogP contribution in [0.5, 0.6) is 5.75 Å². The Hall–Kier alpha value is -1.07. The molecule has 0 aliphatic carbocycles. The lowest BCUT2D eigenvalue weighted by Gasteiger charge is -2.11. The average Bonchev–Trinajstić information content (AvgIpc) is 2.51. The van der Waals surface area contributed by atoms with Crippen LogP contribution in [0.1, 0.15) is 11.4 Å². The molecule has 0 saturated heterocycles. The highest BCUT2D eigenvalue weighted by molar-refractivity contribution is 8.93. The van der Waals surface area contributed by atoms with Crippen molar-refractivity contribution in [2.45, 2.75) is 13.5 Å². The highest BCUT2D eigenvalue weighted by atomic mass is 79.9. The Morgan fingerprint density at radius 3 is 2.69 bits per heavy atom. The Labute approximate surface area is 105 Å². The lowest BCUT2D eigenvalue weighted by molar-refractivity contribution is 0.387. The van der Waals surface area contributed by atoms with Crippen LogP contribution >= 0.6 is 17.0 Å². The summed E-state index contributed by atoms with van der Waals surface area (Å²) in [5.74, 6) is 1.18. The number of halogens is 1. The lowest BCUT2D eigenvalue weighted by Crippen LogP contribution is -2.11. The summed E-state index contributed by atoms with van der Waals surface area (Å²) >= 11 is 0. The second kappa shape index (κ2) is 4.84. The van der Waals surface area contributed by atoms with Gasteiger partial charge in [0.25, 0.3) is 0 Å². The fourth-order valence-electron chi connectivity index (χ4n) is 1.72. The van der Waals surface area contributed by atoms with Gasteiger partial charge in [-0.25, -0.2) is 4.98 Å². The van der Waals surface area contributed by atoms with Gasteiger partial charge in [0.1, 0.15) is 11.6 Å². The molecule has 2 aromatic rings. The molecule has 0 fully saturated rings. The molecule has 16 heavy (non-hydrogen) atoms. The third kappa shape index (κ3) is 2.36. The SMILES string of the molecule is Br.Cc1nc2c(CN(C)C)c(O)ccc2[nH]1. The van der Waals surface area contributed by atoms with Crippen LogP contribution < -0.4 is 0 Å². The summed E-state index contributed by atoms with van der Waals surface area (Å²) < 4.78 is 0. The van der Waals surface area contributed by atoms with Crippen molar-refractivity contribution in [1.82, 2.24) is 14.9 Å². The van der Waals surface area contributed by atoms with E-state index < -0.39 is 0 Å². The minimum atomic E-state index is 0. The van der Waals surface area contributed by atoms with E-state index in [1.165, 1.54) is 0 Å². The van der Waals surface area contributed by atoms with Gasteiger partial charge in [-0.3, -0.25) is 0 Å². The van der Waals surface area contributed by atoms with Gasteiger partial charge >= 0.3 is 0 Å². The van der Waals surface area contributed by atoms with E-state index in [1.54, 1.807) is 6.07 Å². The first kappa shape index (κ1) is 13.0. The van der Waals surface area contributed by atoms with Crippen molar-refractivity contribution in [3.05, 3.63) is 23.5 Å². The van der Waals surface area contributed by atoms with E-state index in [-0.39, 0.29) is 17.0 Å². The summed E-state index contributed by atoms with van der Waals surface area (Å²) in [7, 11) is 3.94. The monoisotopic (exact) mass is 285 g/mol. The van der Waals surface area contributed by atoms with Crippen LogP contribution in [0.4, 0.5) is 0 Å². The fourth-order valence-corrected chi connectivity index (χ4v) is 1.72. The quantitative estimate of drug-likeness (QED) is 0.890. The molecule has 0 saturated carbocycles. The number of phenols is 1. The van der Waals surface area contributed by atoms with Crippen molar-refractivity contribution < 1.29 is 5.11 Å². The van der Waals surface area contributed by atoms with Crippen LogP contribution in [-0.2, 0) is 6.54 Å². The van der Waals surface area contributed by atoms with Gasteiger partial charge in [0.2, 0.25) is 0 Å². The summed E-state index contributed by atoms with van der Waals surface area (Å²) in [5.41, 5.74) is 2.71. The van der Waals surface area contributed by atoms with Gasteiger partial charge < -0.3 is 15.0 Å². The van der Waals surface area contributed by atoms with Gasteiger partial charge in [0.15, 0.2) is 0 Å². The van der Waals surface area contributed by atoms with Crippen molar-refractivity contribution in [3.63, 3.8) is 0 Å². The first-order valence-corrected chi connectivity index (χ1v) is 4.90. The zero-order chi connectivity index (χ0) is 11.0. The third-order valence-corrected chi connectivity index (χ3v) is 2.33. The number of aromatic amines is 1. The molecule has 88 valence electrons. The second-order valence-corrected chi connectivity index (χ2v) is 4.02. The molecule has 0 aliphatic rings. The smallest absolute Gasteiger partial charge is 0.122 e. The van der Waals surface area contributed by atoms with E-state index in [4.69, 9.17) is 0 Å². The Morgan fingerprint density at radius 2 is 2.06 bits per heavy atom. The normalized spacial score (nSPS) is 10.8. The molecule has 0 aliphatic heterocycles. The number of phenolic OH excluding ortho intramolecular Hbond substituents is 1. The number of hydrogen-bond donors (Lipinski definition) is 2. The minimum Gasteiger partial charge on any atom is -0.508 e. The molecule has 0 unspecified atom stereocenters. The largest absolute Gasteiger partial charge is 0.508 e. The van der Waals surface area contributed by atoms with Gasteiger partial charge in [0, 0.05) is 12.1 Å². The van der Waals surface area contributed by atoms with E-state index >= 15 is 0 Å². The molecule has 4 nitrogen and oxygen atoms in total. The zero-order valence-corrected chi connectivity index (χ0v) is 11.3. The summed E-state index contributed by atoms with van der Waals surface area (Å²) in [6.45, 7) is 2.60. The van der Waals surface area contributed by atoms with Gasteiger partial charge in [-0.15, -0.1) is 17.0 Å². The summed E-state index contributed by atoms with van der Waals surface area (Å²) in [6, 6.07) is 3.56. The molecular formula is C11H16BrN3O. The number of fused-ring (bicyclic) bond motifs is 1. The number of aryl methyl sites for hydroxylation is 1. The maximum absolute atomic E-state index is 9.79. The van der Waals surface area contributed by atoms with Crippen molar-refractivity contribution >= 4 is 28.0 Å². The van der Waals surface area contributed by atoms with E-state index in [0.29, 0.717) is 12.3 Å². The highest BCUT2D eigenvalue weighted by Crippen LogP contribution is 2.26. The number of aromatic hydroxyl groups is 1. The predicted molar refractivity (Wildman–Crippen MR) is 70.2 cm³/mol. The van der Waals surface area contributed by atoms with Crippen LogP contribution in [0.3, 0.4) is 0 Å². The molecule has 0 amide bonds. The molecule has 2 rings (SSSR count). The molecule has 5 heteroatoms. The van der Waals surface area contributed by atoms with Crippen molar-refractivity contribution in [2.75, 3.05) is 14.1 Å². The van der Waals surface area contributed by atoms with E-state index in [2.05, 4.69) is 9.97 Å². The molecule has 2 N–H and O–H groups in total. The maximum atomic E-state index is 9.79. The standard InChI is InChI=1S/C11H15N3O.BrH/c1-7-12-9-4-5-10(15)8(6-14(2)3)11(9)13-7;/h4-5,15H,6H2,1-3H3,(H,12,13);1H. The number of nitrogens with one attached hydrogen (secondary N) is 1. The molecule has 1 aromatic heterocycles. The van der Waals surface area contributed by atoms with Crippen LogP contribution in [0.2, 0.25) is 0 Å². The fraction of sp³-hybridized carbons (Fsp3) is 0.364. The summed E-state index contributed by atoms with van der Waals surface area (Å²) in [6.07, 6.45) is 0. The number of rotatable bonds is 2. The molecule has 1 aromatic carbocycles. The first-order chi connectivity index (χ1) is 7.08. The minimum absolute atomic E-state index is 0. The Kier molecular flexibility index (Phi) is 3.93. The molecule has 1 heterocycles. The van der Waals surface area contributed by atoms with E-state index in [9.17, 15) is 5.11 Å². The predicted octanol–water partition coefficient (Wildman–Crippen LogP) is 2.22. The zero-order valence-electron chi connectivity index (χ0n) is 9.61. The number of nitrogens with zero attached hydrogens (tertiary/aromatic N) is 2. The number of aromatic nitrogens is 2. The molecular weight excluding hydrogens is 270 g/mol. The molecule has 0 spiro atoms. The van der Waals surface area contributed by atoms with Crippen molar-refractivity contribution in [2.24, 2.45) is 0 Å². The van der Waals surface area contributed by atoms with Gasteiger partial charge in [-0.05, 0) is 33.2 Å².